The smallest absolute Gasteiger partial charge is 0.109 e. The van der Waals surface area contributed by atoms with Crippen LogP contribution in [0.4, 0.5) is 5.69 Å². The van der Waals surface area contributed by atoms with Gasteiger partial charge >= 0.3 is 0 Å². The van der Waals surface area contributed by atoms with Gasteiger partial charge in [0.05, 0.1) is 0 Å². The SMILES string of the molecule is CCN(CC)c1ccc(CNCCc2nccn2C)cc1. The molecule has 1 N–H and O–H groups in total. The molecule has 0 fully saturated rings. The normalized spacial score (nSPS) is 10.8. The average molecular weight is 286 g/mol. The van der Waals surface area contributed by atoms with E-state index < -0.39 is 0 Å². The molecule has 0 aliphatic heterocycles. The van der Waals surface area contributed by atoms with E-state index in [1.807, 2.05) is 19.4 Å². The number of rotatable bonds is 8. The molecule has 0 atom stereocenters. The van der Waals surface area contributed by atoms with Crippen molar-refractivity contribution in [2.75, 3.05) is 24.5 Å². The zero-order chi connectivity index (χ0) is 15.1. The number of hydrogen-bond donors (Lipinski definition) is 1. The van der Waals surface area contributed by atoms with Crippen molar-refractivity contribution in [3.05, 3.63) is 48.0 Å². The van der Waals surface area contributed by atoms with Gasteiger partial charge in [0.15, 0.2) is 0 Å². The summed E-state index contributed by atoms with van der Waals surface area (Å²) in [7, 11) is 2.04. The lowest BCUT2D eigenvalue weighted by Gasteiger charge is -2.21. The van der Waals surface area contributed by atoms with Crippen LogP contribution < -0.4 is 10.2 Å². The highest BCUT2D eigenvalue weighted by atomic mass is 15.1. The first-order chi connectivity index (χ1) is 10.2. The van der Waals surface area contributed by atoms with E-state index in [4.69, 9.17) is 0 Å². The van der Waals surface area contributed by atoms with Gasteiger partial charge in [0, 0.05) is 57.7 Å². The molecule has 21 heavy (non-hydrogen) atoms. The highest BCUT2D eigenvalue weighted by Crippen LogP contribution is 2.14. The van der Waals surface area contributed by atoms with E-state index in [-0.39, 0.29) is 0 Å². The summed E-state index contributed by atoms with van der Waals surface area (Å²) in [5.74, 6) is 1.12. The fraction of sp³-hybridized carbons (Fsp3) is 0.471. The second-order valence-electron chi connectivity index (χ2n) is 5.22. The van der Waals surface area contributed by atoms with Crippen molar-refractivity contribution in [1.82, 2.24) is 14.9 Å². The quantitative estimate of drug-likeness (QED) is 0.757. The summed E-state index contributed by atoms with van der Waals surface area (Å²) in [6.07, 6.45) is 4.80. The predicted molar refractivity (Wildman–Crippen MR) is 88.6 cm³/mol. The number of hydrogen-bond acceptors (Lipinski definition) is 3. The second-order valence-corrected chi connectivity index (χ2v) is 5.22. The van der Waals surface area contributed by atoms with Crippen LogP contribution in [0.2, 0.25) is 0 Å². The Hall–Kier alpha value is -1.81. The first-order valence-electron chi connectivity index (χ1n) is 7.75. The summed E-state index contributed by atoms with van der Waals surface area (Å²) in [5.41, 5.74) is 2.63. The summed E-state index contributed by atoms with van der Waals surface area (Å²) >= 11 is 0. The number of aromatic nitrogens is 2. The molecular weight excluding hydrogens is 260 g/mol. The monoisotopic (exact) mass is 286 g/mol. The number of nitrogens with one attached hydrogen (secondary N) is 1. The molecule has 114 valence electrons. The maximum absolute atomic E-state index is 4.33. The molecule has 0 amide bonds. The molecule has 0 bridgehead atoms. The van der Waals surface area contributed by atoms with Crippen LogP contribution in [0.15, 0.2) is 36.7 Å². The number of nitrogens with zero attached hydrogens (tertiary/aromatic N) is 3. The van der Waals surface area contributed by atoms with Gasteiger partial charge in [-0.2, -0.15) is 0 Å². The van der Waals surface area contributed by atoms with Crippen molar-refractivity contribution < 1.29 is 0 Å². The number of imidazole rings is 1. The van der Waals surface area contributed by atoms with E-state index in [0.29, 0.717) is 0 Å². The molecule has 0 aliphatic carbocycles. The Morgan fingerprint density at radius 2 is 1.86 bits per heavy atom. The van der Waals surface area contributed by atoms with Gasteiger partial charge in [0.1, 0.15) is 5.82 Å². The van der Waals surface area contributed by atoms with Crippen LogP contribution in [0.1, 0.15) is 25.2 Å². The van der Waals surface area contributed by atoms with Crippen LogP contribution in [0.25, 0.3) is 0 Å². The summed E-state index contributed by atoms with van der Waals surface area (Å²) < 4.78 is 2.07. The van der Waals surface area contributed by atoms with Crippen LogP contribution in [-0.2, 0) is 20.0 Å². The molecule has 1 heterocycles. The van der Waals surface area contributed by atoms with Gasteiger partial charge in [-0.05, 0) is 31.5 Å². The Bertz CT molecular complexity index is 526. The van der Waals surface area contributed by atoms with E-state index in [2.05, 4.69) is 57.9 Å². The average Bonchev–Trinajstić information content (AvgIpc) is 2.92. The third-order valence-electron chi connectivity index (χ3n) is 3.84. The van der Waals surface area contributed by atoms with Crippen molar-refractivity contribution in [2.24, 2.45) is 7.05 Å². The van der Waals surface area contributed by atoms with E-state index in [0.717, 1.165) is 38.4 Å². The number of anilines is 1. The minimum absolute atomic E-state index is 0.906. The molecule has 1 aromatic heterocycles. The molecule has 1 aromatic carbocycles. The van der Waals surface area contributed by atoms with Crippen molar-refractivity contribution in [1.29, 1.82) is 0 Å². The molecule has 2 rings (SSSR count). The highest BCUT2D eigenvalue weighted by molar-refractivity contribution is 5.47. The molecule has 0 radical (unpaired) electrons. The minimum atomic E-state index is 0.906. The molecule has 0 saturated carbocycles. The maximum atomic E-state index is 4.33. The third-order valence-corrected chi connectivity index (χ3v) is 3.84. The molecule has 2 aromatic rings. The van der Waals surface area contributed by atoms with Gasteiger partial charge in [0.2, 0.25) is 0 Å². The van der Waals surface area contributed by atoms with Crippen LogP contribution in [-0.4, -0.2) is 29.2 Å². The minimum Gasteiger partial charge on any atom is -0.372 e. The lowest BCUT2D eigenvalue weighted by molar-refractivity contribution is 0.655. The van der Waals surface area contributed by atoms with Gasteiger partial charge in [-0.3, -0.25) is 0 Å². The zero-order valence-corrected chi connectivity index (χ0v) is 13.3. The van der Waals surface area contributed by atoms with E-state index in [9.17, 15) is 0 Å². The number of benzene rings is 1. The summed E-state index contributed by atoms with van der Waals surface area (Å²) in [4.78, 5) is 6.69. The Morgan fingerprint density at radius 1 is 1.14 bits per heavy atom. The zero-order valence-electron chi connectivity index (χ0n) is 13.3. The molecule has 4 heteroatoms. The van der Waals surface area contributed by atoms with Crippen molar-refractivity contribution >= 4 is 5.69 Å². The standard InChI is InChI=1S/C17H26N4/c1-4-21(5-2)16-8-6-15(7-9-16)14-18-11-10-17-19-12-13-20(17)3/h6-9,12-13,18H,4-5,10-11,14H2,1-3H3. The summed E-state index contributed by atoms with van der Waals surface area (Å²) in [6.45, 7) is 8.34. The molecule has 0 aliphatic rings. The van der Waals surface area contributed by atoms with Gasteiger partial charge in [-0.15, -0.1) is 0 Å². The highest BCUT2D eigenvalue weighted by Gasteiger charge is 2.02. The van der Waals surface area contributed by atoms with E-state index in [1.165, 1.54) is 11.3 Å². The molecule has 0 spiro atoms. The fourth-order valence-electron chi connectivity index (χ4n) is 2.48. The van der Waals surface area contributed by atoms with Crippen molar-refractivity contribution in [3.8, 4) is 0 Å². The maximum Gasteiger partial charge on any atom is 0.109 e. The van der Waals surface area contributed by atoms with Crippen molar-refractivity contribution in [3.63, 3.8) is 0 Å². The van der Waals surface area contributed by atoms with E-state index in [1.54, 1.807) is 0 Å². The Kier molecular flexibility index (Phi) is 5.81. The fourth-order valence-corrected chi connectivity index (χ4v) is 2.48. The van der Waals surface area contributed by atoms with Crippen LogP contribution in [0.3, 0.4) is 0 Å². The third kappa shape index (κ3) is 4.33. The molecule has 0 saturated heterocycles. The largest absolute Gasteiger partial charge is 0.372 e. The van der Waals surface area contributed by atoms with Crippen LogP contribution in [0.5, 0.6) is 0 Å². The van der Waals surface area contributed by atoms with Gasteiger partial charge in [0.25, 0.3) is 0 Å². The molecule has 0 unspecified atom stereocenters. The predicted octanol–water partition coefficient (Wildman–Crippen LogP) is 2.60. The van der Waals surface area contributed by atoms with Gasteiger partial charge in [-0.25, -0.2) is 4.98 Å². The van der Waals surface area contributed by atoms with Crippen LogP contribution >= 0.6 is 0 Å². The van der Waals surface area contributed by atoms with Crippen LogP contribution in [0, 0.1) is 0 Å². The molecular formula is C17H26N4. The van der Waals surface area contributed by atoms with E-state index >= 15 is 0 Å². The summed E-state index contributed by atoms with van der Waals surface area (Å²) in [5, 5.41) is 3.48. The number of aryl methyl sites for hydroxylation is 1. The summed E-state index contributed by atoms with van der Waals surface area (Å²) in [6, 6.07) is 8.84. The Labute approximate surface area is 127 Å². The lowest BCUT2D eigenvalue weighted by atomic mass is 10.2. The Balaban J connectivity index is 1.77. The topological polar surface area (TPSA) is 33.1 Å². The second kappa shape index (κ2) is 7.84. The first kappa shape index (κ1) is 15.6. The lowest BCUT2D eigenvalue weighted by Crippen LogP contribution is -2.22. The first-order valence-corrected chi connectivity index (χ1v) is 7.75. The molecule has 4 nitrogen and oxygen atoms in total. The Morgan fingerprint density at radius 3 is 2.43 bits per heavy atom. The van der Waals surface area contributed by atoms with Gasteiger partial charge in [-0.1, -0.05) is 12.1 Å². The van der Waals surface area contributed by atoms with Crippen molar-refractivity contribution in [2.45, 2.75) is 26.8 Å². The van der Waals surface area contributed by atoms with Gasteiger partial charge < -0.3 is 14.8 Å².